The zero-order valence-electron chi connectivity index (χ0n) is 16.8. The molecule has 5 rings (SSSR count). The maximum Gasteiger partial charge on any atom is 0.228 e. The van der Waals surface area contributed by atoms with Crippen molar-refractivity contribution in [2.24, 2.45) is 0 Å². The summed E-state index contributed by atoms with van der Waals surface area (Å²) in [6, 6.07) is 8.39. The van der Waals surface area contributed by atoms with Crippen molar-refractivity contribution in [3.63, 3.8) is 0 Å². The largest absolute Gasteiger partial charge is 0.362 e. The minimum atomic E-state index is 0.233. The van der Waals surface area contributed by atoms with E-state index in [4.69, 9.17) is 9.97 Å². The van der Waals surface area contributed by atoms with Crippen LogP contribution in [0.2, 0.25) is 0 Å². The van der Waals surface area contributed by atoms with Crippen LogP contribution in [0.15, 0.2) is 43.0 Å². The van der Waals surface area contributed by atoms with E-state index in [9.17, 15) is 0 Å². The van der Waals surface area contributed by atoms with Crippen molar-refractivity contribution in [1.29, 1.82) is 0 Å². The van der Waals surface area contributed by atoms with Crippen molar-refractivity contribution in [2.45, 2.75) is 13.0 Å². The summed E-state index contributed by atoms with van der Waals surface area (Å²) in [5.74, 6) is 2.58. The summed E-state index contributed by atoms with van der Waals surface area (Å²) in [7, 11) is 4.04. The van der Waals surface area contributed by atoms with Gasteiger partial charge in [-0.3, -0.25) is 4.40 Å². The molecule has 0 aliphatic carbocycles. The van der Waals surface area contributed by atoms with Crippen LogP contribution in [-0.2, 0) is 0 Å². The third-order valence-corrected chi connectivity index (χ3v) is 5.37. The molecule has 9 heteroatoms. The van der Waals surface area contributed by atoms with Crippen molar-refractivity contribution in [2.75, 3.05) is 48.4 Å². The fraction of sp³-hybridized carbons (Fsp3) is 0.350. The summed E-state index contributed by atoms with van der Waals surface area (Å²) >= 11 is 0. The van der Waals surface area contributed by atoms with Crippen molar-refractivity contribution >= 4 is 34.1 Å². The first-order valence-electron chi connectivity index (χ1n) is 9.72. The monoisotopic (exact) mass is 389 g/mol. The van der Waals surface area contributed by atoms with Crippen LogP contribution in [0, 0.1) is 0 Å². The highest BCUT2D eigenvalue weighted by Crippen LogP contribution is 2.28. The van der Waals surface area contributed by atoms with E-state index >= 15 is 0 Å². The number of aromatic nitrogens is 6. The molecule has 1 unspecified atom stereocenters. The lowest BCUT2D eigenvalue weighted by Crippen LogP contribution is -2.53. The Kier molecular flexibility index (Phi) is 4.15. The van der Waals surface area contributed by atoms with Crippen LogP contribution >= 0.6 is 0 Å². The van der Waals surface area contributed by atoms with Crippen molar-refractivity contribution in [3.05, 3.63) is 43.0 Å². The van der Waals surface area contributed by atoms with Gasteiger partial charge in [0, 0.05) is 57.6 Å². The van der Waals surface area contributed by atoms with E-state index in [1.54, 1.807) is 12.5 Å². The Hall–Kier alpha value is -3.49. The first kappa shape index (κ1) is 17.6. The number of hydrogen-bond acceptors (Lipinski definition) is 8. The smallest absolute Gasteiger partial charge is 0.228 e. The summed E-state index contributed by atoms with van der Waals surface area (Å²) in [4.78, 5) is 20.9. The Morgan fingerprint density at radius 3 is 2.79 bits per heavy atom. The lowest BCUT2D eigenvalue weighted by atomic mass is 10.2. The van der Waals surface area contributed by atoms with Crippen molar-refractivity contribution in [3.8, 4) is 0 Å². The number of piperazine rings is 1. The molecule has 1 aliphatic heterocycles. The van der Waals surface area contributed by atoms with E-state index < -0.39 is 0 Å². The molecule has 1 saturated heterocycles. The average molecular weight is 389 g/mol. The van der Waals surface area contributed by atoms with Crippen LogP contribution in [0.25, 0.3) is 16.6 Å². The van der Waals surface area contributed by atoms with Gasteiger partial charge in [0.1, 0.15) is 12.1 Å². The van der Waals surface area contributed by atoms with E-state index in [1.807, 2.05) is 47.8 Å². The first-order valence-corrected chi connectivity index (χ1v) is 9.72. The van der Waals surface area contributed by atoms with Crippen LogP contribution in [-0.4, -0.2) is 69.3 Å². The molecule has 0 amide bonds. The van der Waals surface area contributed by atoms with Gasteiger partial charge in [-0.15, -0.1) is 10.2 Å². The summed E-state index contributed by atoms with van der Waals surface area (Å²) in [6.07, 6.45) is 5.36. The maximum atomic E-state index is 4.88. The minimum absolute atomic E-state index is 0.233. The highest BCUT2D eigenvalue weighted by atomic mass is 15.4. The molecule has 0 bridgehead atoms. The lowest BCUT2D eigenvalue weighted by molar-refractivity contribution is 0.539. The molecule has 9 nitrogen and oxygen atoms in total. The molecule has 1 aromatic carbocycles. The average Bonchev–Trinajstić information content (AvgIpc) is 3.22. The topological polar surface area (TPSA) is 78.6 Å². The molecule has 148 valence electrons. The van der Waals surface area contributed by atoms with Crippen LogP contribution in [0.4, 0.5) is 17.6 Å². The molecule has 4 heterocycles. The van der Waals surface area contributed by atoms with Gasteiger partial charge in [0.2, 0.25) is 11.6 Å². The molecule has 1 aliphatic rings. The van der Waals surface area contributed by atoms with Gasteiger partial charge in [0.25, 0.3) is 0 Å². The number of benzene rings is 1. The third kappa shape index (κ3) is 2.98. The molecular weight excluding hydrogens is 366 g/mol. The Morgan fingerprint density at radius 2 is 1.97 bits per heavy atom. The molecule has 0 saturated carbocycles. The van der Waals surface area contributed by atoms with Gasteiger partial charge in [-0.2, -0.15) is 4.98 Å². The lowest BCUT2D eigenvalue weighted by Gasteiger charge is -2.40. The normalized spacial score (nSPS) is 17.3. The van der Waals surface area contributed by atoms with Gasteiger partial charge in [-0.05, 0) is 19.1 Å². The number of hydrogen-bond donors (Lipinski definition) is 0. The fourth-order valence-electron chi connectivity index (χ4n) is 3.93. The quantitative estimate of drug-likeness (QED) is 0.525. The number of rotatable bonds is 3. The molecule has 0 N–H and O–H groups in total. The molecule has 1 atom stereocenters. The third-order valence-electron chi connectivity index (χ3n) is 5.37. The summed E-state index contributed by atoms with van der Waals surface area (Å²) in [5.41, 5.74) is 1.75. The number of fused-ring (bicyclic) bond motifs is 2. The van der Waals surface area contributed by atoms with Crippen LogP contribution in [0.5, 0.6) is 0 Å². The van der Waals surface area contributed by atoms with Gasteiger partial charge >= 0.3 is 0 Å². The van der Waals surface area contributed by atoms with E-state index in [0.717, 1.165) is 53.8 Å². The molecule has 0 spiro atoms. The summed E-state index contributed by atoms with van der Waals surface area (Å²) in [5, 5.41) is 9.31. The molecule has 1 fully saturated rings. The maximum absolute atomic E-state index is 4.88. The standard InChI is InChI=1S/C20H23N9/c1-14-12-27(10-11-29(14)18-19-25-22-13-28(19)9-8-21-18)20-23-16-7-5-4-6-15(16)17(24-20)26(2)3/h4-9,13-14H,10-12H2,1-3H3. The highest BCUT2D eigenvalue weighted by molar-refractivity contribution is 5.90. The number of nitrogens with zero attached hydrogens (tertiary/aromatic N) is 9. The van der Waals surface area contributed by atoms with Crippen molar-refractivity contribution < 1.29 is 0 Å². The van der Waals surface area contributed by atoms with Gasteiger partial charge in [-0.25, -0.2) is 9.97 Å². The number of anilines is 3. The second-order valence-electron chi connectivity index (χ2n) is 7.56. The first-order chi connectivity index (χ1) is 14.1. The van der Waals surface area contributed by atoms with E-state index in [-0.39, 0.29) is 6.04 Å². The zero-order chi connectivity index (χ0) is 20.0. The Bertz CT molecular complexity index is 1170. The Labute approximate surface area is 168 Å². The SMILES string of the molecule is CC1CN(c2nc(N(C)C)c3ccccc3n2)CCN1c1nccn2cnnc12. The minimum Gasteiger partial charge on any atom is -0.362 e. The fourth-order valence-corrected chi connectivity index (χ4v) is 3.93. The highest BCUT2D eigenvalue weighted by Gasteiger charge is 2.28. The molecule has 29 heavy (non-hydrogen) atoms. The van der Waals surface area contributed by atoms with Crippen molar-refractivity contribution in [1.82, 2.24) is 29.5 Å². The van der Waals surface area contributed by atoms with E-state index in [2.05, 4.69) is 38.0 Å². The van der Waals surface area contributed by atoms with Gasteiger partial charge in [0.05, 0.1) is 5.52 Å². The Balaban J connectivity index is 1.46. The second kappa shape index (κ2) is 6.84. The molecule has 4 aromatic rings. The van der Waals surface area contributed by atoms with E-state index in [0.29, 0.717) is 0 Å². The van der Waals surface area contributed by atoms with Gasteiger partial charge < -0.3 is 14.7 Å². The van der Waals surface area contributed by atoms with Crippen LogP contribution in [0.3, 0.4) is 0 Å². The van der Waals surface area contributed by atoms with Gasteiger partial charge in [-0.1, -0.05) is 12.1 Å². The van der Waals surface area contributed by atoms with Gasteiger partial charge in [0.15, 0.2) is 5.82 Å². The zero-order valence-corrected chi connectivity index (χ0v) is 16.8. The molecular formula is C20H23N9. The predicted octanol–water partition coefficient (Wildman–Crippen LogP) is 1.85. The molecule has 3 aromatic heterocycles. The van der Waals surface area contributed by atoms with E-state index in [1.165, 1.54) is 0 Å². The van der Waals surface area contributed by atoms with Crippen LogP contribution in [0.1, 0.15) is 6.92 Å². The molecule has 0 radical (unpaired) electrons. The summed E-state index contributed by atoms with van der Waals surface area (Å²) in [6.45, 7) is 4.63. The second-order valence-corrected chi connectivity index (χ2v) is 7.56. The number of para-hydroxylation sites is 1. The summed E-state index contributed by atoms with van der Waals surface area (Å²) < 4.78 is 1.90. The Morgan fingerprint density at radius 1 is 1.10 bits per heavy atom. The predicted molar refractivity (Wildman–Crippen MR) is 114 cm³/mol. The van der Waals surface area contributed by atoms with Crippen LogP contribution < -0.4 is 14.7 Å².